The van der Waals surface area contributed by atoms with Crippen LogP contribution in [0.15, 0.2) is 66.7 Å². The number of alkyl halides is 3. The Labute approximate surface area is 585 Å². The van der Waals surface area contributed by atoms with Gasteiger partial charge in [-0.2, -0.15) is 13.2 Å². The molecule has 0 spiro atoms. The highest BCUT2D eigenvalue weighted by Crippen LogP contribution is 2.34. The molecule has 0 aromatic heterocycles. The molecule has 3 N–H and O–H groups in total. The largest absolute Gasteiger partial charge is 0.445 e. The smallest absolute Gasteiger partial charge is 0.410 e. The lowest BCUT2D eigenvalue weighted by Crippen LogP contribution is -2.54. The van der Waals surface area contributed by atoms with Crippen molar-refractivity contribution in [1.82, 2.24) is 29.8 Å². The van der Waals surface area contributed by atoms with Crippen LogP contribution in [-0.4, -0.2) is 205 Å². The molecule has 2 aromatic carbocycles. The highest BCUT2D eigenvalue weighted by molar-refractivity contribution is 6.12. The first-order valence-electron chi connectivity index (χ1n) is 35.7. The number of ether oxygens (including phenoxy) is 4. The average Bonchev–Trinajstić information content (AvgIpc) is 1.80. The van der Waals surface area contributed by atoms with Gasteiger partial charge < -0.3 is 44.1 Å². The molecule has 554 valence electrons. The van der Waals surface area contributed by atoms with Crippen molar-refractivity contribution in [2.45, 2.75) is 214 Å². The van der Waals surface area contributed by atoms with Crippen LogP contribution in [0.2, 0.25) is 0 Å². The minimum absolute atomic E-state index is 0.0616. The number of methoxy groups -OCH3 is 2. The van der Waals surface area contributed by atoms with Gasteiger partial charge in [-0.05, 0) is 97.9 Å². The Morgan fingerprint density at radius 3 is 1.93 bits per heavy atom. The summed E-state index contributed by atoms with van der Waals surface area (Å²) in [5, 5.41) is 16.5. The van der Waals surface area contributed by atoms with E-state index in [9.17, 15) is 61.4 Å². The minimum atomic E-state index is -4.69. The maximum Gasteiger partial charge on any atom is 0.410 e. The lowest BCUT2D eigenvalue weighted by Gasteiger charge is -2.41. The maximum absolute atomic E-state index is 14.9. The molecule has 0 saturated carbocycles. The summed E-state index contributed by atoms with van der Waals surface area (Å²) in [6, 6.07) is 10.5. The van der Waals surface area contributed by atoms with E-state index in [0.717, 1.165) is 22.6 Å². The molecule has 5 rings (SSSR count). The Morgan fingerprint density at radius 2 is 1.35 bits per heavy atom. The summed E-state index contributed by atoms with van der Waals surface area (Å²) >= 11 is 0. The number of morpholine rings is 1. The van der Waals surface area contributed by atoms with Crippen molar-refractivity contribution in [2.75, 3.05) is 79.6 Å². The number of likely N-dealkylation sites (N-methyl/N-ethyl adjacent to an activating group) is 2. The Balaban J connectivity index is 1.20. The second-order valence-electron chi connectivity index (χ2n) is 28.6. The summed E-state index contributed by atoms with van der Waals surface area (Å²) < 4.78 is 67.1. The molecule has 0 aliphatic carbocycles. The summed E-state index contributed by atoms with van der Waals surface area (Å²) in [5.74, 6) is -6.91. The molecule has 99 heavy (non-hydrogen) atoms. The Morgan fingerprint density at radius 1 is 0.707 bits per heavy atom. The molecular weight excluding hydrogens is 1280 g/mol. The molecule has 6 amide bonds. The van der Waals surface area contributed by atoms with Crippen molar-refractivity contribution < 1.29 is 80.4 Å². The molecule has 0 unspecified atom stereocenters. The molecule has 2 fully saturated rings. The highest BCUT2D eigenvalue weighted by atomic mass is 19.4. The van der Waals surface area contributed by atoms with E-state index in [2.05, 4.69) is 15.5 Å². The van der Waals surface area contributed by atoms with Gasteiger partial charge in [0, 0.05) is 109 Å². The third-order valence-corrected chi connectivity index (χ3v) is 20.4. The molecule has 0 radical (unpaired) electrons. The van der Waals surface area contributed by atoms with E-state index < -0.39 is 114 Å². The average molecular weight is 1390 g/mol. The number of nitrogens with zero attached hydrogens (tertiary/aromatic N) is 5. The molecule has 24 heteroatoms. The number of halogens is 3. The number of nitrogens with one attached hydrogen (secondary N) is 2. The van der Waals surface area contributed by atoms with Crippen LogP contribution in [0, 0.1) is 47.3 Å². The van der Waals surface area contributed by atoms with Crippen LogP contribution in [0.5, 0.6) is 0 Å². The van der Waals surface area contributed by atoms with Gasteiger partial charge in [-0.15, -0.1) is 0 Å². The molecule has 0 bridgehead atoms. The van der Waals surface area contributed by atoms with Crippen molar-refractivity contribution >= 4 is 58.7 Å². The topological polar surface area (TPSA) is 251 Å². The van der Waals surface area contributed by atoms with E-state index in [4.69, 9.17) is 18.9 Å². The van der Waals surface area contributed by atoms with Gasteiger partial charge in [0.25, 0.3) is 11.8 Å². The number of Topliss-reactive ketones (excluding diaryl/α,β-unsaturated/α-hetero) is 3. The number of likely N-dealkylation sites (tertiary alicyclic amines) is 1. The molecule has 2 aromatic rings. The highest BCUT2D eigenvalue weighted by Gasteiger charge is 2.45. The number of rotatable bonds is 42. The number of hydrogen-bond donors (Lipinski definition) is 3. The monoisotopic (exact) mass is 1390 g/mol. The van der Waals surface area contributed by atoms with Crippen molar-refractivity contribution in [3.8, 4) is 0 Å². The standard InChI is InChI=1S/C75H114F3N7O14/c1-15-50(8)69(62(96-13)45-66(91)84-37-23-27-58(84)71(97-14)52(10)59(86)42-51(9)70(92)54-24-18-16-19-25-54)81(11)73(94)57(47(2)3)44-61(88)68(49(6)7)82(12)74(95)99-46-53-29-31-56(32-30-53)79-72(93)55(26-22-35-83-38-40-98-41-39-83)43-60(87)67(48(4)5)80-63(75(76,77)78)28-20-17-21-36-85-64(89)33-34-65(85)90/h16,18-19,24-25,29-34,47-52,55,57-58,62-63,67-71,80,92H,15,17,20-23,26-28,35-46H2,1-14H3,(H,79,93)/t50-,51-,52-,55+,57-,58-,62+,63-,67-,68-,69-,70+,71+/m0/s1. The van der Waals surface area contributed by atoms with E-state index in [-0.39, 0.29) is 99.2 Å². The van der Waals surface area contributed by atoms with Gasteiger partial charge in [0.2, 0.25) is 17.7 Å². The third-order valence-electron chi connectivity index (χ3n) is 20.4. The second kappa shape index (κ2) is 40.3. The Bertz CT molecular complexity index is 2950. The Kier molecular flexibility index (Phi) is 33.8. The molecule has 3 aliphatic rings. The number of imide groups is 1. The van der Waals surface area contributed by atoms with Crippen LogP contribution in [0.25, 0.3) is 0 Å². The summed E-state index contributed by atoms with van der Waals surface area (Å²) in [6.45, 7) is 21.8. The van der Waals surface area contributed by atoms with Gasteiger partial charge in [-0.3, -0.25) is 53.5 Å². The molecular formula is C75H114F3N7O14. The first kappa shape index (κ1) is 83.2. The number of aliphatic hydroxyl groups is 1. The fourth-order valence-corrected chi connectivity index (χ4v) is 14.2. The summed E-state index contributed by atoms with van der Waals surface area (Å²) in [5.41, 5.74) is 1.64. The predicted molar refractivity (Wildman–Crippen MR) is 371 cm³/mol. The lowest BCUT2D eigenvalue weighted by atomic mass is 9.83. The minimum Gasteiger partial charge on any atom is -0.445 e. The van der Waals surface area contributed by atoms with Crippen LogP contribution in [-0.2, 0) is 63.9 Å². The quantitative estimate of drug-likeness (QED) is 0.0413. The lowest BCUT2D eigenvalue weighted by molar-refractivity contribution is -0.161. The van der Waals surface area contributed by atoms with Crippen LogP contribution in [0.1, 0.15) is 170 Å². The summed E-state index contributed by atoms with van der Waals surface area (Å²) in [6.07, 6.45) is -2.60. The SMILES string of the molecule is CC[C@H](C)[C@@H]([C@@H](CC(=O)N1CCC[C@H]1[C@H](OC)[C@@H](C)C(=O)C[C@H](C)[C@@H](O)c1ccccc1)OC)N(C)C(=O)[C@@H](CC(=O)[C@H](C(C)C)N(C)C(=O)OCc1ccc(NC(=O)[C@H](CCCN2CCOCC2)CC(=O)[C@@H](N[C@@H](CCCCCN2C(=O)C=CC2=O)C(F)(F)F)C(C)C)cc1)C(C)C. The number of anilines is 1. The van der Waals surface area contributed by atoms with Gasteiger partial charge >= 0.3 is 12.3 Å². The second-order valence-corrected chi connectivity index (χ2v) is 28.6. The first-order chi connectivity index (χ1) is 46.8. The van der Waals surface area contributed by atoms with E-state index in [0.29, 0.717) is 89.2 Å². The number of hydrogen-bond acceptors (Lipinski definition) is 16. The fourth-order valence-electron chi connectivity index (χ4n) is 14.2. The molecule has 21 nitrogen and oxygen atoms in total. The third kappa shape index (κ3) is 24.4. The van der Waals surface area contributed by atoms with Crippen LogP contribution in [0.4, 0.5) is 23.7 Å². The normalized spacial score (nSPS) is 19.1. The number of carbonyl (C=O) groups excluding carboxylic acids is 9. The molecule has 13 atom stereocenters. The Hall–Kier alpha value is -6.44. The van der Waals surface area contributed by atoms with Crippen molar-refractivity contribution in [1.29, 1.82) is 0 Å². The number of ketones is 3. The zero-order valence-corrected chi connectivity index (χ0v) is 61.1. The number of unbranched alkanes of at least 4 members (excludes halogenated alkanes) is 2. The van der Waals surface area contributed by atoms with E-state index in [1.54, 1.807) is 75.9 Å². The zero-order chi connectivity index (χ0) is 73.4. The van der Waals surface area contributed by atoms with Crippen molar-refractivity contribution in [3.63, 3.8) is 0 Å². The van der Waals surface area contributed by atoms with Crippen molar-refractivity contribution in [3.05, 3.63) is 77.9 Å². The number of benzene rings is 2. The van der Waals surface area contributed by atoms with Crippen molar-refractivity contribution in [2.24, 2.45) is 47.3 Å². The molecule has 3 heterocycles. The molecule has 2 saturated heterocycles. The van der Waals surface area contributed by atoms with Crippen LogP contribution < -0.4 is 10.6 Å². The van der Waals surface area contributed by atoms with Gasteiger partial charge in [0.05, 0.1) is 62.1 Å². The van der Waals surface area contributed by atoms with Gasteiger partial charge in [0.15, 0.2) is 11.6 Å². The van der Waals surface area contributed by atoms with Gasteiger partial charge in [-0.25, -0.2) is 4.79 Å². The van der Waals surface area contributed by atoms with E-state index in [1.165, 1.54) is 19.1 Å². The van der Waals surface area contributed by atoms with E-state index in [1.807, 2.05) is 71.9 Å². The van der Waals surface area contributed by atoms with Gasteiger partial charge in [-0.1, -0.05) is 131 Å². The van der Waals surface area contributed by atoms with Crippen LogP contribution >= 0.6 is 0 Å². The fraction of sp³-hybridized carbons (Fsp3) is 0.693. The maximum atomic E-state index is 14.9. The first-order valence-corrected chi connectivity index (χ1v) is 35.7. The van der Waals surface area contributed by atoms with Gasteiger partial charge in [0.1, 0.15) is 18.4 Å². The number of amides is 6. The summed E-state index contributed by atoms with van der Waals surface area (Å²) in [4.78, 5) is 132. The predicted octanol–water partition coefficient (Wildman–Crippen LogP) is 10.4. The van der Waals surface area contributed by atoms with Crippen LogP contribution in [0.3, 0.4) is 0 Å². The number of aliphatic hydroxyl groups excluding tert-OH is 1. The van der Waals surface area contributed by atoms with E-state index >= 15 is 0 Å². The zero-order valence-electron chi connectivity index (χ0n) is 61.1. The molecule has 3 aliphatic heterocycles. The number of carbonyl (C=O) groups is 9. The summed E-state index contributed by atoms with van der Waals surface area (Å²) in [7, 11) is 6.22.